The number of pyridine rings is 1. The summed E-state index contributed by atoms with van der Waals surface area (Å²) in [7, 11) is -1.70. The lowest BCUT2D eigenvalue weighted by atomic mass is 10.1. The Morgan fingerprint density at radius 1 is 1.03 bits per heavy atom. The third-order valence-electron chi connectivity index (χ3n) is 6.84. The number of hydrogen-bond donors (Lipinski definition) is 1. The van der Waals surface area contributed by atoms with Crippen molar-refractivity contribution in [3.8, 4) is 17.0 Å². The molecule has 1 N–H and O–H groups in total. The Morgan fingerprint density at radius 2 is 1.79 bits per heavy atom. The average Bonchev–Trinajstić information content (AvgIpc) is 3.32. The molecule has 0 aliphatic carbocycles. The number of rotatable bonds is 10. The minimum atomic E-state index is -3.82. The number of nitrogens with zero attached hydrogens (tertiary/aromatic N) is 5. The molecule has 9 nitrogen and oxygen atoms in total. The zero-order valence-electron chi connectivity index (χ0n) is 21.8. The number of likely N-dealkylation sites (N-methyl/N-ethyl adjacent to an activating group) is 1. The number of unbranched alkanes of at least 4 members (excludes halogenated alkanes) is 1. The molecule has 0 saturated carbocycles. The maximum absolute atomic E-state index is 13.5. The summed E-state index contributed by atoms with van der Waals surface area (Å²) in [4.78, 5) is 8.90. The van der Waals surface area contributed by atoms with E-state index in [0.717, 1.165) is 53.7 Å². The van der Waals surface area contributed by atoms with Crippen molar-refractivity contribution in [1.29, 1.82) is 0 Å². The molecular formula is C28H32BrN5O4S. The number of anilines is 1. The predicted molar refractivity (Wildman–Crippen MR) is 157 cm³/mol. The zero-order valence-corrected chi connectivity index (χ0v) is 24.2. The van der Waals surface area contributed by atoms with Gasteiger partial charge in [0.2, 0.25) is 0 Å². The summed E-state index contributed by atoms with van der Waals surface area (Å²) in [5.41, 5.74) is 3.39. The summed E-state index contributed by atoms with van der Waals surface area (Å²) in [5, 5.41) is 14.5. The molecule has 2 aromatic heterocycles. The fourth-order valence-corrected chi connectivity index (χ4v) is 6.43. The molecule has 0 amide bonds. The van der Waals surface area contributed by atoms with Gasteiger partial charge in [-0.25, -0.2) is 13.4 Å². The minimum Gasteiger partial charge on any atom is -0.491 e. The van der Waals surface area contributed by atoms with E-state index in [0.29, 0.717) is 39.8 Å². The normalized spacial score (nSPS) is 14.7. The van der Waals surface area contributed by atoms with Gasteiger partial charge >= 0.3 is 0 Å². The van der Waals surface area contributed by atoms with E-state index in [4.69, 9.17) is 4.74 Å². The summed E-state index contributed by atoms with van der Waals surface area (Å²) in [6.07, 6.45) is 2.93. The quantitative estimate of drug-likeness (QED) is 0.210. The van der Waals surface area contributed by atoms with E-state index >= 15 is 0 Å². The highest BCUT2D eigenvalue weighted by molar-refractivity contribution is 9.10. The first kappa shape index (κ1) is 27.6. The zero-order chi connectivity index (χ0) is 27.4. The molecule has 11 heteroatoms. The fourth-order valence-electron chi connectivity index (χ4n) is 4.72. The van der Waals surface area contributed by atoms with E-state index in [1.807, 2.05) is 36.4 Å². The molecule has 0 spiro atoms. The van der Waals surface area contributed by atoms with Crippen LogP contribution in [0.15, 0.2) is 65.4 Å². The Balaban J connectivity index is 1.56. The maximum Gasteiger partial charge on any atom is 0.258 e. The van der Waals surface area contributed by atoms with Crippen LogP contribution in [-0.4, -0.2) is 79.0 Å². The number of benzene rings is 2. The molecule has 0 radical (unpaired) electrons. The number of halogens is 1. The number of aliphatic hydroxyl groups excluding tert-OH is 1. The second-order valence-corrected chi connectivity index (χ2v) is 12.3. The van der Waals surface area contributed by atoms with Crippen LogP contribution in [0, 0.1) is 0 Å². The highest BCUT2D eigenvalue weighted by Gasteiger charge is 2.24. The lowest BCUT2D eigenvalue weighted by molar-refractivity contribution is 0.252. The molecule has 39 heavy (non-hydrogen) atoms. The van der Waals surface area contributed by atoms with E-state index in [1.54, 1.807) is 18.2 Å². The number of hydrogen-bond acceptors (Lipinski definition) is 8. The van der Waals surface area contributed by atoms with Crippen molar-refractivity contribution in [2.24, 2.45) is 0 Å². The molecule has 1 aliphatic rings. The molecule has 1 fully saturated rings. The second-order valence-electron chi connectivity index (χ2n) is 9.71. The van der Waals surface area contributed by atoms with Gasteiger partial charge in [0.25, 0.3) is 10.0 Å². The van der Waals surface area contributed by atoms with Crippen LogP contribution in [0.1, 0.15) is 18.4 Å². The van der Waals surface area contributed by atoms with Crippen LogP contribution >= 0.6 is 15.9 Å². The van der Waals surface area contributed by atoms with Gasteiger partial charge in [0.15, 0.2) is 0 Å². The second kappa shape index (κ2) is 12.0. The number of aromatic nitrogens is 3. The topological polar surface area (TPSA) is 101 Å². The van der Waals surface area contributed by atoms with E-state index in [-0.39, 0.29) is 12.4 Å². The van der Waals surface area contributed by atoms with Crippen LogP contribution in [0.2, 0.25) is 0 Å². The number of ether oxygens (including phenoxy) is 1. The Morgan fingerprint density at radius 3 is 2.54 bits per heavy atom. The molecule has 4 aromatic rings. The molecule has 0 bridgehead atoms. The van der Waals surface area contributed by atoms with Gasteiger partial charge in [0, 0.05) is 43.7 Å². The summed E-state index contributed by atoms with van der Waals surface area (Å²) in [6, 6.07) is 16.8. The fraction of sp³-hybridized carbons (Fsp3) is 0.357. The SMILES string of the molecule is CN1CCN(c2ccc(-c3nn(S(=O)(=O)Cc4ccccc4)c4cnc(Br)cc34)cc2OCCCCO)CC1. The van der Waals surface area contributed by atoms with Gasteiger partial charge in [-0.3, -0.25) is 0 Å². The van der Waals surface area contributed by atoms with E-state index in [9.17, 15) is 13.5 Å². The minimum absolute atomic E-state index is 0.124. The number of piperazine rings is 1. The van der Waals surface area contributed by atoms with Crippen LogP contribution in [0.4, 0.5) is 5.69 Å². The van der Waals surface area contributed by atoms with Crippen LogP contribution in [0.5, 0.6) is 5.75 Å². The highest BCUT2D eigenvalue weighted by atomic mass is 79.9. The molecular weight excluding hydrogens is 582 g/mol. The van der Waals surface area contributed by atoms with Crippen LogP contribution in [-0.2, 0) is 15.8 Å². The molecule has 1 saturated heterocycles. The van der Waals surface area contributed by atoms with Crippen molar-refractivity contribution in [3.63, 3.8) is 0 Å². The summed E-state index contributed by atoms with van der Waals surface area (Å²) in [5.74, 6) is 0.541. The number of aliphatic hydroxyl groups is 1. The third-order valence-corrected chi connectivity index (χ3v) is 8.78. The Kier molecular flexibility index (Phi) is 8.51. The van der Waals surface area contributed by atoms with Gasteiger partial charge in [-0.15, -0.1) is 0 Å². The highest BCUT2D eigenvalue weighted by Crippen LogP contribution is 2.37. The van der Waals surface area contributed by atoms with E-state index in [1.165, 1.54) is 6.20 Å². The first-order valence-electron chi connectivity index (χ1n) is 13.0. The molecule has 1 aliphatic heterocycles. The van der Waals surface area contributed by atoms with Gasteiger partial charge in [0.1, 0.15) is 21.6 Å². The maximum atomic E-state index is 13.5. The third kappa shape index (κ3) is 6.27. The van der Waals surface area contributed by atoms with E-state index in [2.05, 4.69) is 42.9 Å². The van der Waals surface area contributed by atoms with Crippen LogP contribution in [0.25, 0.3) is 22.2 Å². The standard InChI is InChI=1S/C28H32BrN5O4S/c1-32-11-13-33(14-12-32)24-10-9-22(17-26(24)38-16-6-5-15-35)28-23-18-27(29)30-19-25(23)34(31-28)39(36,37)20-21-7-3-2-4-8-21/h2-4,7-10,17-19,35H,5-6,11-16,20H2,1H3. The molecule has 5 rings (SSSR count). The molecule has 3 heterocycles. The smallest absolute Gasteiger partial charge is 0.258 e. The molecule has 0 unspecified atom stereocenters. The Labute approximate surface area is 237 Å². The van der Waals surface area contributed by atoms with Crippen molar-refractivity contribution in [2.75, 3.05) is 51.3 Å². The Bertz CT molecular complexity index is 1540. The lowest BCUT2D eigenvalue weighted by Crippen LogP contribution is -2.44. The molecule has 0 atom stereocenters. The largest absolute Gasteiger partial charge is 0.491 e. The molecule has 2 aromatic carbocycles. The summed E-state index contributed by atoms with van der Waals surface area (Å²) in [6.45, 7) is 4.29. The van der Waals surface area contributed by atoms with Crippen molar-refractivity contribution >= 4 is 42.5 Å². The first-order chi connectivity index (χ1) is 18.9. The van der Waals surface area contributed by atoms with Gasteiger partial charge in [0.05, 0.1) is 24.2 Å². The average molecular weight is 615 g/mol. The van der Waals surface area contributed by atoms with Crippen molar-refractivity contribution in [2.45, 2.75) is 18.6 Å². The van der Waals surface area contributed by atoms with Crippen molar-refractivity contribution in [3.05, 3.63) is 71.0 Å². The predicted octanol–water partition coefficient (Wildman–Crippen LogP) is 4.14. The van der Waals surface area contributed by atoms with Gasteiger partial charge < -0.3 is 19.6 Å². The van der Waals surface area contributed by atoms with Crippen LogP contribution in [0.3, 0.4) is 0 Å². The van der Waals surface area contributed by atoms with E-state index < -0.39 is 10.0 Å². The first-order valence-corrected chi connectivity index (χ1v) is 15.4. The summed E-state index contributed by atoms with van der Waals surface area (Å²) < 4.78 is 34.9. The van der Waals surface area contributed by atoms with Gasteiger partial charge in [-0.05, 0) is 59.6 Å². The lowest BCUT2D eigenvalue weighted by Gasteiger charge is -2.35. The van der Waals surface area contributed by atoms with Gasteiger partial charge in [-0.2, -0.15) is 9.19 Å². The number of fused-ring (bicyclic) bond motifs is 1. The monoisotopic (exact) mass is 613 g/mol. The van der Waals surface area contributed by atoms with Crippen LogP contribution < -0.4 is 9.64 Å². The van der Waals surface area contributed by atoms with Gasteiger partial charge in [-0.1, -0.05) is 36.4 Å². The molecule has 206 valence electrons. The van der Waals surface area contributed by atoms with Crippen molar-refractivity contribution in [1.82, 2.24) is 19.1 Å². The van der Waals surface area contributed by atoms with Crippen molar-refractivity contribution < 1.29 is 18.3 Å². The Hall–Kier alpha value is -2.99. The summed E-state index contributed by atoms with van der Waals surface area (Å²) >= 11 is 3.43.